The van der Waals surface area contributed by atoms with Gasteiger partial charge in [-0.2, -0.15) is 0 Å². The Bertz CT molecular complexity index is 675. The van der Waals surface area contributed by atoms with E-state index in [1.54, 1.807) is 30.3 Å². The number of benzene rings is 2. The monoisotopic (exact) mass is 321 g/mol. The smallest absolute Gasteiger partial charge is 0.279 e. The molecule has 3 nitrogen and oxygen atoms in total. The number of carbonyl (C=O) groups is 1. The fraction of sp³-hybridized carbons (Fsp3) is 0.235. The third-order valence-corrected chi connectivity index (χ3v) is 3.62. The van der Waals surface area contributed by atoms with Crippen molar-refractivity contribution in [3.8, 4) is 0 Å². The Labute approximate surface area is 134 Å². The third-order valence-electron chi connectivity index (χ3n) is 3.39. The number of nitrogens with one attached hydrogen (secondary N) is 2. The number of hydrogen-bond donors (Lipinski definition) is 2. The molecular weight excluding hydrogens is 303 g/mol. The van der Waals surface area contributed by atoms with Crippen LogP contribution in [0, 0.1) is 12.7 Å². The predicted molar refractivity (Wildman–Crippen MR) is 86.7 cm³/mol. The fourth-order valence-corrected chi connectivity index (χ4v) is 2.40. The lowest BCUT2D eigenvalue weighted by Crippen LogP contribution is -3.08. The van der Waals surface area contributed by atoms with Crippen LogP contribution in [0.3, 0.4) is 0 Å². The van der Waals surface area contributed by atoms with Crippen LogP contribution in [0.4, 0.5) is 10.1 Å². The van der Waals surface area contributed by atoms with Crippen molar-refractivity contribution in [1.29, 1.82) is 0 Å². The van der Waals surface area contributed by atoms with E-state index in [1.807, 2.05) is 20.0 Å². The molecule has 1 amide bonds. The van der Waals surface area contributed by atoms with E-state index in [1.165, 1.54) is 6.07 Å². The maximum Gasteiger partial charge on any atom is 0.279 e. The molecule has 2 aromatic carbocycles. The normalized spacial score (nSPS) is 12.0. The van der Waals surface area contributed by atoms with E-state index in [9.17, 15) is 9.18 Å². The summed E-state index contributed by atoms with van der Waals surface area (Å²) < 4.78 is 13.6. The molecule has 0 aromatic heterocycles. The van der Waals surface area contributed by atoms with Crippen LogP contribution in [0.1, 0.15) is 11.1 Å². The van der Waals surface area contributed by atoms with Gasteiger partial charge in [-0.15, -0.1) is 0 Å². The molecule has 0 spiro atoms. The first-order valence-corrected chi connectivity index (χ1v) is 7.44. The van der Waals surface area contributed by atoms with Crippen molar-refractivity contribution in [3.63, 3.8) is 0 Å². The van der Waals surface area contributed by atoms with Gasteiger partial charge in [0.25, 0.3) is 5.91 Å². The minimum atomic E-state index is -0.243. The minimum Gasteiger partial charge on any atom is -0.326 e. The number of aryl methyl sites for hydroxylation is 1. The summed E-state index contributed by atoms with van der Waals surface area (Å²) in [6.07, 6.45) is 0. The van der Waals surface area contributed by atoms with Crippen molar-refractivity contribution in [1.82, 2.24) is 0 Å². The van der Waals surface area contributed by atoms with E-state index in [-0.39, 0.29) is 18.3 Å². The van der Waals surface area contributed by atoms with Crippen molar-refractivity contribution >= 4 is 23.2 Å². The molecule has 0 aliphatic carbocycles. The second-order valence-electron chi connectivity index (χ2n) is 5.41. The van der Waals surface area contributed by atoms with Crippen LogP contribution in [-0.4, -0.2) is 19.5 Å². The van der Waals surface area contributed by atoms with Gasteiger partial charge >= 0.3 is 0 Å². The van der Waals surface area contributed by atoms with Gasteiger partial charge < -0.3 is 10.2 Å². The molecule has 0 aliphatic heterocycles. The first kappa shape index (κ1) is 16.5. The van der Waals surface area contributed by atoms with Crippen LogP contribution in [0.5, 0.6) is 0 Å². The number of quaternary nitrogens is 1. The minimum absolute atomic E-state index is 0.126. The van der Waals surface area contributed by atoms with Crippen molar-refractivity contribution in [2.24, 2.45) is 0 Å². The Morgan fingerprint density at radius 1 is 1.27 bits per heavy atom. The zero-order chi connectivity index (χ0) is 16.1. The first-order chi connectivity index (χ1) is 10.5. The number of halogens is 2. The molecule has 0 radical (unpaired) electrons. The Kier molecular flexibility index (Phi) is 5.52. The molecular formula is C17H19ClFN2O+. The van der Waals surface area contributed by atoms with E-state index in [2.05, 4.69) is 5.32 Å². The number of rotatable bonds is 5. The zero-order valence-corrected chi connectivity index (χ0v) is 13.4. The first-order valence-electron chi connectivity index (χ1n) is 7.06. The Morgan fingerprint density at radius 2 is 2.00 bits per heavy atom. The van der Waals surface area contributed by atoms with Crippen LogP contribution >= 0.6 is 11.6 Å². The topological polar surface area (TPSA) is 33.5 Å². The number of anilines is 1. The average Bonchev–Trinajstić information content (AvgIpc) is 2.45. The number of hydrogen-bond acceptors (Lipinski definition) is 1. The zero-order valence-electron chi connectivity index (χ0n) is 12.6. The Morgan fingerprint density at radius 3 is 2.73 bits per heavy atom. The van der Waals surface area contributed by atoms with Crippen molar-refractivity contribution in [2.75, 3.05) is 18.9 Å². The summed E-state index contributed by atoms with van der Waals surface area (Å²) in [5.41, 5.74) is 2.26. The van der Waals surface area contributed by atoms with Gasteiger partial charge in [0, 0.05) is 16.3 Å². The fourth-order valence-electron chi connectivity index (χ4n) is 2.23. The molecule has 0 bridgehead atoms. The summed E-state index contributed by atoms with van der Waals surface area (Å²) in [6.45, 7) is 2.61. The summed E-state index contributed by atoms with van der Waals surface area (Å²) in [6, 6.07) is 12.0. The van der Waals surface area contributed by atoms with E-state index in [0.717, 1.165) is 10.5 Å². The Hall–Kier alpha value is -1.91. The summed E-state index contributed by atoms with van der Waals surface area (Å²) in [5.74, 6) is -0.368. The molecule has 0 fully saturated rings. The molecule has 1 unspecified atom stereocenters. The molecule has 0 aliphatic rings. The summed E-state index contributed by atoms with van der Waals surface area (Å²) in [4.78, 5) is 13.0. The molecule has 0 saturated heterocycles. The van der Waals surface area contributed by atoms with Crippen LogP contribution in [0.25, 0.3) is 0 Å². The molecule has 2 N–H and O–H groups in total. The maximum atomic E-state index is 13.6. The lowest BCUT2D eigenvalue weighted by molar-refractivity contribution is -0.885. The number of amides is 1. The summed E-state index contributed by atoms with van der Waals surface area (Å²) >= 11 is 5.93. The largest absolute Gasteiger partial charge is 0.326 e. The van der Waals surface area contributed by atoms with E-state index >= 15 is 0 Å². The van der Waals surface area contributed by atoms with Gasteiger partial charge in [0.1, 0.15) is 12.4 Å². The molecule has 22 heavy (non-hydrogen) atoms. The maximum absolute atomic E-state index is 13.6. The van der Waals surface area contributed by atoms with Gasteiger partial charge in [0.15, 0.2) is 6.54 Å². The average molecular weight is 322 g/mol. The standard InChI is InChI=1S/C17H18ClFN2O/c1-12-7-8-14(18)9-16(12)20-17(22)11-21(2)10-13-5-3-4-6-15(13)19/h3-9H,10-11H2,1-2H3,(H,20,22)/p+1. The van der Waals surface area contributed by atoms with E-state index in [4.69, 9.17) is 11.6 Å². The van der Waals surface area contributed by atoms with E-state index in [0.29, 0.717) is 22.8 Å². The second-order valence-corrected chi connectivity index (χ2v) is 5.85. The highest BCUT2D eigenvalue weighted by atomic mass is 35.5. The number of likely N-dealkylation sites (N-methyl/N-ethyl adjacent to an activating group) is 1. The SMILES string of the molecule is Cc1ccc(Cl)cc1NC(=O)C[NH+](C)Cc1ccccc1F. The Balaban J connectivity index is 1.94. The van der Waals surface area contributed by atoms with Crippen molar-refractivity contribution in [2.45, 2.75) is 13.5 Å². The molecule has 1 atom stereocenters. The molecule has 2 aromatic rings. The summed E-state index contributed by atoms with van der Waals surface area (Å²) in [7, 11) is 1.86. The quantitative estimate of drug-likeness (QED) is 0.871. The van der Waals surface area contributed by atoms with Gasteiger partial charge in [-0.25, -0.2) is 4.39 Å². The molecule has 0 heterocycles. The van der Waals surface area contributed by atoms with Gasteiger partial charge in [-0.3, -0.25) is 4.79 Å². The van der Waals surface area contributed by atoms with Crippen molar-refractivity contribution in [3.05, 3.63) is 64.4 Å². The molecule has 116 valence electrons. The molecule has 2 rings (SSSR count). The highest BCUT2D eigenvalue weighted by Gasteiger charge is 2.13. The van der Waals surface area contributed by atoms with Crippen LogP contribution in [-0.2, 0) is 11.3 Å². The summed E-state index contributed by atoms with van der Waals surface area (Å²) in [5, 5.41) is 3.42. The van der Waals surface area contributed by atoms with E-state index < -0.39 is 0 Å². The van der Waals surface area contributed by atoms with Crippen LogP contribution in [0.15, 0.2) is 42.5 Å². The highest BCUT2D eigenvalue weighted by Crippen LogP contribution is 2.19. The highest BCUT2D eigenvalue weighted by molar-refractivity contribution is 6.31. The third kappa shape index (κ3) is 4.55. The number of carbonyl (C=O) groups excluding carboxylic acids is 1. The second kappa shape index (κ2) is 7.38. The van der Waals surface area contributed by atoms with Gasteiger partial charge in [0.2, 0.25) is 0 Å². The van der Waals surface area contributed by atoms with Crippen LogP contribution in [0.2, 0.25) is 5.02 Å². The predicted octanol–water partition coefficient (Wildman–Crippen LogP) is 2.44. The van der Waals surface area contributed by atoms with Gasteiger partial charge in [-0.1, -0.05) is 35.9 Å². The molecule has 0 saturated carbocycles. The van der Waals surface area contributed by atoms with Crippen molar-refractivity contribution < 1.29 is 14.1 Å². The lowest BCUT2D eigenvalue weighted by atomic mass is 10.2. The van der Waals surface area contributed by atoms with Gasteiger partial charge in [0.05, 0.1) is 7.05 Å². The molecule has 5 heteroatoms. The van der Waals surface area contributed by atoms with Gasteiger partial charge in [-0.05, 0) is 30.7 Å². The van der Waals surface area contributed by atoms with Crippen LogP contribution < -0.4 is 10.2 Å². The lowest BCUT2D eigenvalue weighted by Gasteiger charge is -2.15.